The Morgan fingerprint density at radius 2 is 1.55 bits per heavy atom. The molecular weight excluding hydrogens is 462 g/mol. The number of nitrogens with one attached hydrogen (secondary N) is 2. The minimum Gasteiger partial charge on any atom is -0.379 e. The molecule has 2 amide bonds. The number of anilines is 1. The van der Waals surface area contributed by atoms with Gasteiger partial charge in [-0.25, -0.2) is 8.42 Å². The molecule has 172 valence electrons. The quantitative estimate of drug-likeness (QED) is 0.535. The normalized spacial score (nSPS) is 14.5. The van der Waals surface area contributed by atoms with Gasteiger partial charge in [-0.15, -0.1) is 11.3 Å². The first kappa shape index (κ1) is 23.1. The van der Waals surface area contributed by atoms with Gasteiger partial charge in [-0.1, -0.05) is 18.2 Å². The molecule has 0 radical (unpaired) electrons. The molecule has 0 bridgehead atoms. The van der Waals surface area contributed by atoms with Crippen LogP contribution in [0.15, 0.2) is 70.9 Å². The van der Waals surface area contributed by atoms with Gasteiger partial charge in [0.05, 0.1) is 19.8 Å². The number of nitrogens with zero attached hydrogens (tertiary/aromatic N) is 1. The lowest BCUT2D eigenvalue weighted by Crippen LogP contribution is -2.40. The van der Waals surface area contributed by atoms with E-state index in [0.29, 0.717) is 43.1 Å². The SMILES string of the molecule is O=C(NCc1ccc(S(=O)(=O)N2CCOCC2)s1)c1ccc(NC(=O)c2ccccc2)cc1. The van der Waals surface area contributed by atoms with E-state index in [1.165, 1.54) is 4.31 Å². The number of sulfonamides is 1. The Morgan fingerprint density at radius 3 is 2.24 bits per heavy atom. The van der Waals surface area contributed by atoms with Crippen molar-refractivity contribution in [1.82, 2.24) is 9.62 Å². The van der Waals surface area contributed by atoms with E-state index < -0.39 is 10.0 Å². The summed E-state index contributed by atoms with van der Waals surface area (Å²) in [6, 6.07) is 18.7. The molecular formula is C23H23N3O5S2. The molecule has 1 aromatic heterocycles. The lowest BCUT2D eigenvalue weighted by atomic mass is 10.1. The van der Waals surface area contributed by atoms with Gasteiger partial charge < -0.3 is 15.4 Å². The first-order valence-electron chi connectivity index (χ1n) is 10.3. The molecule has 3 aromatic rings. The summed E-state index contributed by atoms with van der Waals surface area (Å²) in [5.41, 5.74) is 1.56. The van der Waals surface area contributed by atoms with Crippen LogP contribution in [-0.2, 0) is 21.3 Å². The first-order valence-corrected chi connectivity index (χ1v) is 12.6. The van der Waals surface area contributed by atoms with Gasteiger partial charge in [0.1, 0.15) is 4.21 Å². The molecule has 2 heterocycles. The minimum absolute atomic E-state index is 0.217. The molecule has 1 aliphatic heterocycles. The standard InChI is InChI=1S/C23H23N3O5S2/c27-22(18-6-8-19(9-7-18)25-23(28)17-4-2-1-3-5-17)24-16-20-10-11-21(32-20)33(29,30)26-12-14-31-15-13-26/h1-11H,12-16H2,(H,24,27)(H,25,28). The van der Waals surface area contributed by atoms with E-state index in [1.807, 2.05) is 6.07 Å². The second-order valence-electron chi connectivity index (χ2n) is 7.32. The fourth-order valence-corrected chi connectivity index (χ4v) is 6.13. The number of morpholine rings is 1. The summed E-state index contributed by atoms with van der Waals surface area (Å²) in [5.74, 6) is -0.518. The number of benzene rings is 2. The van der Waals surface area contributed by atoms with Gasteiger partial charge in [-0.3, -0.25) is 9.59 Å². The van der Waals surface area contributed by atoms with E-state index in [9.17, 15) is 18.0 Å². The highest BCUT2D eigenvalue weighted by molar-refractivity contribution is 7.91. The maximum atomic E-state index is 12.7. The van der Waals surface area contributed by atoms with E-state index in [4.69, 9.17) is 4.74 Å². The molecule has 4 rings (SSSR count). The molecule has 0 unspecified atom stereocenters. The number of carbonyl (C=O) groups excluding carboxylic acids is 2. The van der Waals surface area contributed by atoms with Crippen molar-refractivity contribution in [3.63, 3.8) is 0 Å². The second-order valence-corrected chi connectivity index (χ2v) is 10.7. The van der Waals surface area contributed by atoms with Crippen molar-refractivity contribution in [2.75, 3.05) is 31.6 Å². The average molecular weight is 486 g/mol. The molecule has 2 N–H and O–H groups in total. The van der Waals surface area contributed by atoms with Crippen LogP contribution in [0.25, 0.3) is 0 Å². The number of amides is 2. The summed E-state index contributed by atoms with van der Waals surface area (Å²) in [6.07, 6.45) is 0. The molecule has 2 aromatic carbocycles. The van der Waals surface area contributed by atoms with Crippen molar-refractivity contribution in [1.29, 1.82) is 0 Å². The maximum absolute atomic E-state index is 12.7. The third-order valence-corrected chi connectivity index (χ3v) is 8.52. The van der Waals surface area contributed by atoms with Crippen LogP contribution in [0, 0.1) is 0 Å². The Labute approximate surface area is 196 Å². The highest BCUT2D eigenvalue weighted by Gasteiger charge is 2.27. The van der Waals surface area contributed by atoms with Crippen LogP contribution in [-0.4, -0.2) is 50.8 Å². The van der Waals surface area contributed by atoms with E-state index in [2.05, 4.69) is 10.6 Å². The first-order chi connectivity index (χ1) is 15.9. The second kappa shape index (κ2) is 10.3. The van der Waals surface area contributed by atoms with Crippen LogP contribution in [0.3, 0.4) is 0 Å². The fraction of sp³-hybridized carbons (Fsp3) is 0.217. The van der Waals surface area contributed by atoms with Crippen molar-refractivity contribution < 1.29 is 22.7 Å². The average Bonchev–Trinajstić information content (AvgIpc) is 3.34. The summed E-state index contributed by atoms with van der Waals surface area (Å²) >= 11 is 1.15. The number of hydrogen-bond donors (Lipinski definition) is 2. The largest absolute Gasteiger partial charge is 0.379 e. The molecule has 8 nitrogen and oxygen atoms in total. The summed E-state index contributed by atoms with van der Waals surface area (Å²) in [4.78, 5) is 25.5. The van der Waals surface area contributed by atoms with Crippen molar-refractivity contribution in [2.45, 2.75) is 10.8 Å². The minimum atomic E-state index is -3.54. The van der Waals surface area contributed by atoms with Crippen molar-refractivity contribution in [2.24, 2.45) is 0 Å². The van der Waals surface area contributed by atoms with Crippen LogP contribution >= 0.6 is 11.3 Å². The molecule has 0 aliphatic carbocycles. The predicted molar refractivity (Wildman–Crippen MR) is 126 cm³/mol. The van der Waals surface area contributed by atoms with E-state index in [0.717, 1.165) is 16.2 Å². The molecule has 1 fully saturated rings. The van der Waals surface area contributed by atoms with Gasteiger partial charge in [0.15, 0.2) is 0 Å². The Bertz CT molecular complexity index is 1220. The van der Waals surface area contributed by atoms with Gasteiger partial charge in [0, 0.05) is 34.8 Å². The van der Waals surface area contributed by atoms with E-state index in [-0.39, 0.29) is 22.6 Å². The van der Waals surface area contributed by atoms with Gasteiger partial charge in [-0.05, 0) is 48.5 Å². The molecule has 0 saturated carbocycles. The van der Waals surface area contributed by atoms with Crippen LogP contribution in [0.4, 0.5) is 5.69 Å². The summed E-state index contributed by atoms with van der Waals surface area (Å²) in [5, 5.41) is 5.59. The number of hydrogen-bond acceptors (Lipinski definition) is 6. The third-order valence-electron chi connectivity index (χ3n) is 5.07. The van der Waals surface area contributed by atoms with Crippen LogP contribution in [0.5, 0.6) is 0 Å². The zero-order valence-electron chi connectivity index (χ0n) is 17.7. The van der Waals surface area contributed by atoms with E-state index in [1.54, 1.807) is 60.7 Å². The van der Waals surface area contributed by atoms with Crippen molar-refractivity contribution in [3.8, 4) is 0 Å². The van der Waals surface area contributed by atoms with Crippen LogP contribution in [0.1, 0.15) is 25.6 Å². The molecule has 0 spiro atoms. The fourth-order valence-electron chi connectivity index (χ4n) is 3.27. The lowest BCUT2D eigenvalue weighted by molar-refractivity contribution is 0.0731. The lowest BCUT2D eigenvalue weighted by Gasteiger charge is -2.25. The monoisotopic (exact) mass is 485 g/mol. The zero-order valence-corrected chi connectivity index (χ0v) is 19.3. The number of ether oxygens (including phenoxy) is 1. The van der Waals surface area contributed by atoms with Gasteiger partial charge >= 0.3 is 0 Å². The number of thiophene rings is 1. The predicted octanol–water partition coefficient (Wildman–Crippen LogP) is 2.95. The van der Waals surface area contributed by atoms with Gasteiger partial charge in [-0.2, -0.15) is 4.31 Å². The summed E-state index contributed by atoms with van der Waals surface area (Å²) < 4.78 is 32.3. The molecule has 10 heteroatoms. The summed E-state index contributed by atoms with van der Waals surface area (Å²) in [6.45, 7) is 1.68. The molecule has 0 atom stereocenters. The van der Waals surface area contributed by atoms with Gasteiger partial charge in [0.25, 0.3) is 21.8 Å². The molecule has 1 aliphatic rings. The Hall–Kier alpha value is -3.05. The Balaban J connectivity index is 1.32. The molecule has 33 heavy (non-hydrogen) atoms. The maximum Gasteiger partial charge on any atom is 0.255 e. The summed E-state index contributed by atoms with van der Waals surface area (Å²) in [7, 11) is -3.54. The molecule has 1 saturated heterocycles. The van der Waals surface area contributed by atoms with Crippen LogP contribution in [0.2, 0.25) is 0 Å². The Morgan fingerprint density at radius 1 is 0.879 bits per heavy atom. The zero-order chi connectivity index (χ0) is 23.3. The Kier molecular flexibility index (Phi) is 7.19. The third kappa shape index (κ3) is 5.66. The topological polar surface area (TPSA) is 105 Å². The van der Waals surface area contributed by atoms with Gasteiger partial charge in [0.2, 0.25) is 0 Å². The van der Waals surface area contributed by atoms with Crippen molar-refractivity contribution in [3.05, 3.63) is 82.7 Å². The van der Waals surface area contributed by atoms with E-state index >= 15 is 0 Å². The highest BCUT2D eigenvalue weighted by Crippen LogP contribution is 2.25. The number of rotatable bonds is 7. The number of carbonyl (C=O) groups is 2. The van der Waals surface area contributed by atoms with Crippen LogP contribution < -0.4 is 10.6 Å². The van der Waals surface area contributed by atoms with Crippen molar-refractivity contribution >= 4 is 38.9 Å². The smallest absolute Gasteiger partial charge is 0.255 e. The highest BCUT2D eigenvalue weighted by atomic mass is 32.2.